The Labute approximate surface area is 326 Å². The van der Waals surface area contributed by atoms with Crippen molar-refractivity contribution in [3.05, 3.63) is 218 Å². The molecule has 0 atom stereocenters. The maximum Gasteiger partial charge on any atom is -0.00928 e. The summed E-state index contributed by atoms with van der Waals surface area (Å²) in [6.45, 7) is 0. The van der Waals surface area contributed by atoms with Gasteiger partial charge >= 0.3 is 0 Å². The monoisotopic (exact) mass is 708 g/mol. The van der Waals surface area contributed by atoms with E-state index >= 15 is 0 Å². The summed E-state index contributed by atoms with van der Waals surface area (Å²) in [6, 6.07) is 80.4. The van der Waals surface area contributed by atoms with Gasteiger partial charge in [-0.05, 0) is 158 Å². The molecule has 0 aliphatic rings. The third-order valence-electron chi connectivity index (χ3n) is 11.6. The first-order chi connectivity index (χ1) is 27.7. The van der Waals surface area contributed by atoms with E-state index < -0.39 is 0 Å². The van der Waals surface area contributed by atoms with Gasteiger partial charge in [0.1, 0.15) is 0 Å². The Kier molecular flexibility index (Phi) is 7.60. The van der Waals surface area contributed by atoms with E-state index in [1.54, 1.807) is 0 Å². The van der Waals surface area contributed by atoms with E-state index in [0.29, 0.717) is 0 Å². The Balaban J connectivity index is 0.960. The van der Waals surface area contributed by atoms with Crippen LogP contribution < -0.4 is 0 Å². The lowest BCUT2D eigenvalue weighted by Crippen LogP contribution is -1.88. The van der Waals surface area contributed by atoms with Crippen molar-refractivity contribution in [3.8, 4) is 55.6 Å². The maximum atomic E-state index is 2.39. The molecule has 56 heavy (non-hydrogen) atoms. The van der Waals surface area contributed by atoms with Gasteiger partial charge in [-0.25, -0.2) is 0 Å². The van der Waals surface area contributed by atoms with Crippen molar-refractivity contribution < 1.29 is 0 Å². The number of benzene rings is 11. The molecule has 0 bridgehead atoms. The summed E-state index contributed by atoms with van der Waals surface area (Å²) < 4.78 is 0. The second-order valence-corrected chi connectivity index (χ2v) is 15.0. The lowest BCUT2D eigenvalue weighted by Gasteiger charge is -2.15. The van der Waals surface area contributed by atoms with Gasteiger partial charge in [-0.3, -0.25) is 0 Å². The molecule has 260 valence electrons. The fourth-order valence-electron chi connectivity index (χ4n) is 8.60. The van der Waals surface area contributed by atoms with Crippen molar-refractivity contribution in [1.29, 1.82) is 0 Å². The van der Waals surface area contributed by atoms with Gasteiger partial charge < -0.3 is 0 Å². The van der Waals surface area contributed by atoms with Gasteiger partial charge in [0.2, 0.25) is 0 Å². The number of rotatable bonds is 5. The molecule has 0 N–H and O–H groups in total. The molecule has 0 heterocycles. The lowest BCUT2D eigenvalue weighted by molar-refractivity contribution is 1.61. The molecule has 0 fully saturated rings. The highest BCUT2D eigenvalue weighted by Gasteiger charge is 2.13. The van der Waals surface area contributed by atoms with E-state index in [2.05, 4.69) is 218 Å². The predicted molar refractivity (Wildman–Crippen MR) is 241 cm³/mol. The Bertz CT molecular complexity index is 3300. The molecule has 0 aromatic heterocycles. The van der Waals surface area contributed by atoms with Gasteiger partial charge in [-0.15, -0.1) is 0 Å². The van der Waals surface area contributed by atoms with Gasteiger partial charge in [-0.1, -0.05) is 170 Å². The van der Waals surface area contributed by atoms with Crippen molar-refractivity contribution in [2.45, 2.75) is 0 Å². The zero-order chi connectivity index (χ0) is 37.0. The molecule has 0 amide bonds. The molecule has 11 aromatic rings. The fraction of sp³-hybridized carbons (Fsp3) is 0. The Morgan fingerprint density at radius 2 is 0.536 bits per heavy atom. The summed E-state index contributed by atoms with van der Waals surface area (Å²) in [5.74, 6) is 0. The Morgan fingerprint density at radius 3 is 1.09 bits per heavy atom. The van der Waals surface area contributed by atoms with Crippen LogP contribution in [0.3, 0.4) is 0 Å². The zero-order valence-corrected chi connectivity index (χ0v) is 30.8. The van der Waals surface area contributed by atoms with Crippen molar-refractivity contribution in [2.24, 2.45) is 0 Å². The number of hydrogen-bond acceptors (Lipinski definition) is 0. The Morgan fingerprint density at radius 1 is 0.161 bits per heavy atom. The standard InChI is InChI=1S/C56H36/c1-2-11-39(12-3-1)55-36-52-34-50(25-27-53(52)54-28-26-51(35-56(54)55)49-20-18-38-10-5-7-14-41(38)30-49)48-24-23-46-32-45(21-22-47(46)33-48)43-16-8-15-42(31-43)44-19-17-37-9-4-6-13-40(37)29-44/h1-36H. The minimum absolute atomic E-state index is 1.22. The zero-order valence-electron chi connectivity index (χ0n) is 30.8. The smallest absolute Gasteiger partial charge is 0.00928 e. The molecule has 0 saturated carbocycles. The average Bonchev–Trinajstić information content (AvgIpc) is 3.28. The van der Waals surface area contributed by atoms with Crippen LogP contribution in [0, 0.1) is 0 Å². The molecule has 11 aromatic carbocycles. The van der Waals surface area contributed by atoms with Crippen LogP contribution in [0.2, 0.25) is 0 Å². The molecule has 0 aliphatic heterocycles. The summed E-state index contributed by atoms with van der Waals surface area (Å²) in [5.41, 5.74) is 12.3. The lowest BCUT2D eigenvalue weighted by atomic mass is 9.89. The van der Waals surface area contributed by atoms with Crippen LogP contribution in [0.4, 0.5) is 0 Å². The molecule has 0 unspecified atom stereocenters. The van der Waals surface area contributed by atoms with Gasteiger partial charge in [0.05, 0.1) is 0 Å². The van der Waals surface area contributed by atoms with E-state index in [9.17, 15) is 0 Å². The predicted octanol–water partition coefficient (Wildman–Crippen LogP) is 15.8. The maximum absolute atomic E-state index is 2.39. The topological polar surface area (TPSA) is 0 Å². The summed E-state index contributed by atoms with van der Waals surface area (Å²) in [5, 5.41) is 12.6. The number of fused-ring (bicyclic) bond motifs is 6. The van der Waals surface area contributed by atoms with Crippen molar-refractivity contribution in [2.75, 3.05) is 0 Å². The van der Waals surface area contributed by atoms with E-state index in [1.807, 2.05) is 0 Å². The van der Waals surface area contributed by atoms with Gasteiger partial charge in [-0.2, -0.15) is 0 Å². The van der Waals surface area contributed by atoms with E-state index in [1.165, 1.54) is 109 Å². The van der Waals surface area contributed by atoms with Crippen molar-refractivity contribution in [1.82, 2.24) is 0 Å². The van der Waals surface area contributed by atoms with Crippen LogP contribution in [-0.4, -0.2) is 0 Å². The first kappa shape index (κ1) is 32.2. The van der Waals surface area contributed by atoms with E-state index in [4.69, 9.17) is 0 Å². The molecular formula is C56H36. The van der Waals surface area contributed by atoms with Crippen LogP contribution in [0.15, 0.2) is 218 Å². The quantitative estimate of drug-likeness (QED) is 0.156. The van der Waals surface area contributed by atoms with Gasteiger partial charge in [0, 0.05) is 0 Å². The minimum atomic E-state index is 1.22. The third kappa shape index (κ3) is 5.72. The first-order valence-corrected chi connectivity index (χ1v) is 19.4. The molecule has 0 heteroatoms. The second kappa shape index (κ2) is 13.2. The van der Waals surface area contributed by atoms with E-state index in [0.717, 1.165) is 0 Å². The van der Waals surface area contributed by atoms with E-state index in [-0.39, 0.29) is 0 Å². The van der Waals surface area contributed by atoms with Crippen LogP contribution in [0.25, 0.3) is 109 Å². The summed E-state index contributed by atoms with van der Waals surface area (Å²) >= 11 is 0. The summed E-state index contributed by atoms with van der Waals surface area (Å²) in [4.78, 5) is 0. The van der Waals surface area contributed by atoms with Gasteiger partial charge in [0.25, 0.3) is 0 Å². The SMILES string of the molecule is c1ccc(-c2cc3cc(-c4ccc5cc(-c6cccc(-c7ccc8ccccc8c7)c6)ccc5c4)ccc3c3ccc(-c4ccc5ccccc5c4)cc23)cc1. The van der Waals surface area contributed by atoms with Crippen LogP contribution in [-0.2, 0) is 0 Å². The largest absolute Gasteiger partial charge is 0.0622 e. The van der Waals surface area contributed by atoms with Gasteiger partial charge in [0.15, 0.2) is 0 Å². The molecular weight excluding hydrogens is 673 g/mol. The molecule has 0 nitrogen and oxygen atoms in total. The molecule has 0 aliphatic carbocycles. The molecule has 0 spiro atoms. The highest BCUT2D eigenvalue weighted by Crippen LogP contribution is 2.40. The summed E-state index contributed by atoms with van der Waals surface area (Å²) in [7, 11) is 0. The molecule has 0 saturated heterocycles. The van der Waals surface area contributed by atoms with Crippen LogP contribution in [0.1, 0.15) is 0 Å². The number of hydrogen-bond donors (Lipinski definition) is 0. The normalized spacial score (nSPS) is 11.6. The average molecular weight is 709 g/mol. The molecule has 0 radical (unpaired) electrons. The Hall–Kier alpha value is -7.28. The van der Waals surface area contributed by atoms with Crippen LogP contribution in [0.5, 0.6) is 0 Å². The van der Waals surface area contributed by atoms with Crippen LogP contribution >= 0.6 is 0 Å². The van der Waals surface area contributed by atoms with Crippen molar-refractivity contribution in [3.63, 3.8) is 0 Å². The third-order valence-corrected chi connectivity index (χ3v) is 11.6. The highest BCUT2D eigenvalue weighted by molar-refractivity contribution is 6.15. The first-order valence-electron chi connectivity index (χ1n) is 19.4. The van der Waals surface area contributed by atoms with Crippen molar-refractivity contribution >= 4 is 53.9 Å². The fourth-order valence-corrected chi connectivity index (χ4v) is 8.60. The summed E-state index contributed by atoms with van der Waals surface area (Å²) in [6.07, 6.45) is 0. The highest BCUT2D eigenvalue weighted by atomic mass is 14.2. The second-order valence-electron chi connectivity index (χ2n) is 15.0. The minimum Gasteiger partial charge on any atom is -0.0622 e. The molecule has 11 rings (SSSR count).